The summed E-state index contributed by atoms with van der Waals surface area (Å²) in [5.41, 5.74) is 0.493. The van der Waals surface area contributed by atoms with Gasteiger partial charge in [-0.2, -0.15) is 5.10 Å². The van der Waals surface area contributed by atoms with Crippen LogP contribution in [0.15, 0.2) is 30.5 Å². The molecule has 2 heterocycles. The van der Waals surface area contributed by atoms with Gasteiger partial charge < -0.3 is 10.4 Å². The van der Waals surface area contributed by atoms with Gasteiger partial charge in [0, 0.05) is 22.7 Å². The van der Waals surface area contributed by atoms with Crippen molar-refractivity contribution in [3.63, 3.8) is 0 Å². The molecule has 1 aliphatic carbocycles. The predicted octanol–water partition coefficient (Wildman–Crippen LogP) is 4.16. The van der Waals surface area contributed by atoms with E-state index in [-0.39, 0.29) is 34.3 Å². The molecule has 3 aromatic rings. The molecule has 0 aliphatic heterocycles. The average molecular weight is 379 g/mol. The predicted molar refractivity (Wildman–Crippen MR) is 91.0 cm³/mol. The number of hydrogen-bond acceptors (Lipinski definition) is 4. The van der Waals surface area contributed by atoms with Crippen LogP contribution >= 0.6 is 11.6 Å². The van der Waals surface area contributed by atoms with E-state index < -0.39 is 12.3 Å². The molecule has 0 unspecified atom stereocenters. The van der Waals surface area contributed by atoms with E-state index in [0.29, 0.717) is 10.7 Å². The summed E-state index contributed by atoms with van der Waals surface area (Å²) >= 11 is 5.76. The van der Waals surface area contributed by atoms with Gasteiger partial charge in [-0.3, -0.25) is 4.79 Å². The fourth-order valence-corrected chi connectivity index (χ4v) is 2.88. The molecule has 0 spiro atoms. The van der Waals surface area contributed by atoms with Crippen LogP contribution in [0, 0.1) is 0 Å². The van der Waals surface area contributed by atoms with Crippen LogP contribution in [0.25, 0.3) is 5.65 Å². The monoisotopic (exact) mass is 378 g/mol. The Hall–Kier alpha value is -2.74. The number of fused-ring (bicyclic) bond motifs is 1. The Kier molecular flexibility index (Phi) is 3.99. The number of hydrogen-bond donors (Lipinski definition) is 2. The highest BCUT2D eigenvalue weighted by Gasteiger charge is 2.29. The highest BCUT2D eigenvalue weighted by atomic mass is 35.5. The number of nitrogens with zero attached hydrogens (tertiary/aromatic N) is 3. The van der Waals surface area contributed by atoms with E-state index in [9.17, 15) is 18.7 Å². The average Bonchev–Trinajstić information content (AvgIpc) is 3.35. The molecule has 2 aromatic heterocycles. The lowest BCUT2D eigenvalue weighted by atomic mass is 10.2. The maximum Gasteiger partial charge on any atom is 0.280 e. The number of carbonyl (C=O) groups excluding carboxylic acids is 1. The van der Waals surface area contributed by atoms with Crippen LogP contribution in [0.2, 0.25) is 5.02 Å². The molecule has 1 aromatic carbocycles. The Labute approximate surface area is 151 Å². The minimum Gasteiger partial charge on any atom is -0.506 e. The first kappa shape index (κ1) is 16.7. The standard InChI is InChI=1S/C17H13ClF2N4O2/c18-9-3-4-11(14(25)5-9)23-17(26)10-7-21-24-13(15(19)20)6-12(8-1-2-8)22-16(10)24/h3-8,15,25H,1-2H2,(H,23,26). The molecule has 4 rings (SSSR count). The first-order chi connectivity index (χ1) is 12.4. The van der Waals surface area contributed by atoms with E-state index in [1.807, 2.05) is 0 Å². The zero-order valence-corrected chi connectivity index (χ0v) is 14.0. The van der Waals surface area contributed by atoms with Crippen LogP contribution < -0.4 is 5.32 Å². The van der Waals surface area contributed by atoms with Gasteiger partial charge in [0.25, 0.3) is 12.3 Å². The fourth-order valence-electron chi connectivity index (χ4n) is 2.71. The third-order valence-corrected chi connectivity index (χ3v) is 4.43. The Bertz CT molecular complexity index is 1020. The minimum absolute atomic E-state index is 0.0451. The van der Waals surface area contributed by atoms with Crippen molar-refractivity contribution in [2.75, 3.05) is 5.32 Å². The molecule has 26 heavy (non-hydrogen) atoms. The number of aromatic nitrogens is 3. The first-order valence-corrected chi connectivity index (χ1v) is 8.28. The van der Waals surface area contributed by atoms with E-state index in [4.69, 9.17) is 11.6 Å². The van der Waals surface area contributed by atoms with E-state index >= 15 is 0 Å². The number of carbonyl (C=O) groups is 1. The maximum atomic E-state index is 13.4. The van der Waals surface area contributed by atoms with Crippen molar-refractivity contribution in [3.8, 4) is 5.75 Å². The second-order valence-corrected chi connectivity index (χ2v) is 6.53. The summed E-state index contributed by atoms with van der Waals surface area (Å²) in [6.07, 6.45) is 0.224. The molecular weight excluding hydrogens is 366 g/mol. The number of benzene rings is 1. The third-order valence-electron chi connectivity index (χ3n) is 4.19. The minimum atomic E-state index is -2.74. The normalized spacial score (nSPS) is 14.2. The van der Waals surface area contributed by atoms with Gasteiger partial charge in [-0.25, -0.2) is 18.3 Å². The third kappa shape index (κ3) is 2.96. The number of rotatable bonds is 4. The van der Waals surface area contributed by atoms with E-state index in [0.717, 1.165) is 17.4 Å². The van der Waals surface area contributed by atoms with Gasteiger partial charge in [-0.1, -0.05) is 11.6 Å². The molecule has 9 heteroatoms. The van der Waals surface area contributed by atoms with Gasteiger partial charge in [-0.05, 0) is 31.0 Å². The van der Waals surface area contributed by atoms with Crippen molar-refractivity contribution in [1.82, 2.24) is 14.6 Å². The smallest absolute Gasteiger partial charge is 0.280 e. The van der Waals surface area contributed by atoms with Crippen molar-refractivity contribution in [1.29, 1.82) is 0 Å². The molecule has 0 saturated heterocycles. The van der Waals surface area contributed by atoms with Crippen molar-refractivity contribution in [2.45, 2.75) is 25.2 Å². The summed E-state index contributed by atoms with van der Waals surface area (Å²) < 4.78 is 27.7. The summed E-state index contributed by atoms with van der Waals surface area (Å²) in [7, 11) is 0. The number of phenols is 1. The number of anilines is 1. The Morgan fingerprint density at radius 1 is 1.35 bits per heavy atom. The molecule has 134 valence electrons. The van der Waals surface area contributed by atoms with Crippen molar-refractivity contribution in [2.24, 2.45) is 0 Å². The topological polar surface area (TPSA) is 79.5 Å². The van der Waals surface area contributed by atoms with Crippen LogP contribution in [0.4, 0.5) is 14.5 Å². The zero-order valence-electron chi connectivity index (χ0n) is 13.3. The molecule has 1 amide bonds. The zero-order chi connectivity index (χ0) is 18.4. The quantitative estimate of drug-likeness (QED) is 0.668. The number of nitrogens with one attached hydrogen (secondary N) is 1. The van der Waals surface area contributed by atoms with Gasteiger partial charge in [-0.15, -0.1) is 0 Å². The molecule has 1 saturated carbocycles. The van der Waals surface area contributed by atoms with Crippen LogP contribution in [0.3, 0.4) is 0 Å². The Balaban J connectivity index is 1.75. The SMILES string of the molecule is O=C(Nc1ccc(Cl)cc1O)c1cnn2c(C(F)F)cc(C3CC3)nc12. The van der Waals surface area contributed by atoms with E-state index in [2.05, 4.69) is 15.4 Å². The van der Waals surface area contributed by atoms with Gasteiger partial charge in [0.1, 0.15) is 17.0 Å². The van der Waals surface area contributed by atoms with Crippen LogP contribution in [0.5, 0.6) is 5.75 Å². The molecule has 0 radical (unpaired) electrons. The second-order valence-electron chi connectivity index (χ2n) is 6.09. The lowest BCUT2D eigenvalue weighted by Crippen LogP contribution is -2.13. The summed E-state index contributed by atoms with van der Waals surface area (Å²) in [6.45, 7) is 0. The van der Waals surface area contributed by atoms with Gasteiger partial charge in [0.15, 0.2) is 5.65 Å². The van der Waals surface area contributed by atoms with E-state index in [1.54, 1.807) is 0 Å². The fraction of sp³-hybridized carbons (Fsp3) is 0.235. The number of phenolic OH excluding ortho intramolecular Hbond substituents is 1. The van der Waals surface area contributed by atoms with Gasteiger partial charge >= 0.3 is 0 Å². The Morgan fingerprint density at radius 3 is 2.77 bits per heavy atom. The highest BCUT2D eigenvalue weighted by Crippen LogP contribution is 2.40. The van der Waals surface area contributed by atoms with Gasteiger partial charge in [0.2, 0.25) is 0 Å². The first-order valence-electron chi connectivity index (χ1n) is 7.90. The summed E-state index contributed by atoms with van der Waals surface area (Å²) in [6, 6.07) is 5.57. The number of alkyl halides is 2. The van der Waals surface area contributed by atoms with Crippen molar-refractivity contribution < 1.29 is 18.7 Å². The van der Waals surface area contributed by atoms with Crippen LogP contribution in [-0.4, -0.2) is 25.6 Å². The molecule has 0 bridgehead atoms. The molecule has 1 fully saturated rings. The lowest BCUT2D eigenvalue weighted by Gasteiger charge is -2.09. The van der Waals surface area contributed by atoms with Crippen molar-refractivity contribution in [3.05, 3.63) is 52.4 Å². The summed E-state index contributed by atoms with van der Waals surface area (Å²) in [5, 5.41) is 16.6. The molecular formula is C17H13ClF2N4O2. The largest absolute Gasteiger partial charge is 0.506 e. The lowest BCUT2D eigenvalue weighted by molar-refractivity contribution is 0.102. The Morgan fingerprint density at radius 2 is 2.12 bits per heavy atom. The highest BCUT2D eigenvalue weighted by molar-refractivity contribution is 6.30. The number of halogens is 3. The summed E-state index contributed by atoms with van der Waals surface area (Å²) in [5.74, 6) is -0.677. The number of amides is 1. The van der Waals surface area contributed by atoms with Crippen molar-refractivity contribution >= 4 is 28.8 Å². The number of aromatic hydroxyl groups is 1. The van der Waals surface area contributed by atoms with Crippen LogP contribution in [-0.2, 0) is 0 Å². The molecule has 1 aliphatic rings. The molecule has 2 N–H and O–H groups in total. The molecule has 0 atom stereocenters. The van der Waals surface area contributed by atoms with E-state index in [1.165, 1.54) is 30.5 Å². The maximum absolute atomic E-state index is 13.4. The summed E-state index contributed by atoms with van der Waals surface area (Å²) in [4.78, 5) is 16.9. The van der Waals surface area contributed by atoms with Crippen LogP contribution in [0.1, 0.15) is 46.9 Å². The second kappa shape index (κ2) is 6.21. The van der Waals surface area contributed by atoms with Gasteiger partial charge in [0.05, 0.1) is 11.9 Å². The molecule has 6 nitrogen and oxygen atoms in total.